The SMILES string of the molecule is CN1C(=O)[C@@H](NC(=O)c2n[nH]c(Cc3ccc(C#CC#CCCO)cc3)n2)COc2ccccc21. The van der Waals surface area contributed by atoms with Crippen LogP contribution in [0.15, 0.2) is 48.5 Å². The number of amides is 2. The topological polar surface area (TPSA) is 120 Å². The van der Waals surface area contributed by atoms with Crippen LogP contribution in [-0.2, 0) is 11.2 Å². The Balaban J connectivity index is 1.36. The molecule has 3 aromatic rings. The van der Waals surface area contributed by atoms with Gasteiger partial charge in [-0.15, -0.1) is 5.10 Å². The number of aromatic nitrogens is 3. The van der Waals surface area contributed by atoms with Crippen molar-refractivity contribution in [1.29, 1.82) is 0 Å². The molecular formula is C26H23N5O4. The van der Waals surface area contributed by atoms with Crippen molar-refractivity contribution in [1.82, 2.24) is 20.5 Å². The fraction of sp³-hybridized carbons (Fsp3) is 0.231. The number of nitrogens with one attached hydrogen (secondary N) is 2. The molecule has 0 aliphatic carbocycles. The number of rotatable bonds is 5. The molecule has 1 aliphatic rings. The van der Waals surface area contributed by atoms with E-state index in [0.29, 0.717) is 30.1 Å². The predicted octanol–water partition coefficient (Wildman–Crippen LogP) is 1.29. The van der Waals surface area contributed by atoms with Crippen molar-refractivity contribution in [2.75, 3.05) is 25.2 Å². The molecule has 9 nitrogen and oxygen atoms in total. The molecule has 2 heterocycles. The molecule has 2 amide bonds. The minimum Gasteiger partial charge on any atom is -0.489 e. The van der Waals surface area contributed by atoms with Gasteiger partial charge in [-0.05, 0) is 41.7 Å². The van der Waals surface area contributed by atoms with E-state index in [1.165, 1.54) is 4.90 Å². The van der Waals surface area contributed by atoms with Crippen molar-refractivity contribution >= 4 is 17.5 Å². The van der Waals surface area contributed by atoms with Gasteiger partial charge in [0.05, 0.1) is 12.3 Å². The number of aliphatic hydroxyl groups is 1. The first-order valence-corrected chi connectivity index (χ1v) is 11.0. The van der Waals surface area contributed by atoms with Crippen molar-refractivity contribution in [3.8, 4) is 29.4 Å². The molecule has 0 saturated heterocycles. The molecular weight excluding hydrogens is 446 g/mol. The Hall–Kier alpha value is -4.60. The molecule has 0 radical (unpaired) electrons. The Morgan fingerprint density at radius 1 is 1.23 bits per heavy atom. The fourth-order valence-corrected chi connectivity index (χ4v) is 3.42. The summed E-state index contributed by atoms with van der Waals surface area (Å²) in [5.74, 6) is 11.3. The first-order valence-electron chi connectivity index (χ1n) is 11.0. The van der Waals surface area contributed by atoms with Crippen molar-refractivity contribution in [3.05, 3.63) is 71.3 Å². The second-order valence-electron chi connectivity index (χ2n) is 7.71. The average Bonchev–Trinajstić information content (AvgIpc) is 3.31. The normalized spacial score (nSPS) is 14.4. The van der Waals surface area contributed by atoms with Gasteiger partial charge in [-0.2, -0.15) is 0 Å². The van der Waals surface area contributed by atoms with Gasteiger partial charge in [-0.1, -0.05) is 36.1 Å². The third-order valence-corrected chi connectivity index (χ3v) is 5.22. The highest BCUT2D eigenvalue weighted by atomic mass is 16.5. The second-order valence-corrected chi connectivity index (χ2v) is 7.71. The van der Waals surface area contributed by atoms with Crippen LogP contribution in [0.3, 0.4) is 0 Å². The summed E-state index contributed by atoms with van der Waals surface area (Å²) in [6.45, 7) is 0.0269. The van der Waals surface area contributed by atoms with Crippen LogP contribution in [-0.4, -0.2) is 58.4 Å². The lowest BCUT2D eigenvalue weighted by Crippen LogP contribution is -2.49. The van der Waals surface area contributed by atoms with Gasteiger partial charge in [0.1, 0.15) is 24.2 Å². The molecule has 0 unspecified atom stereocenters. The Bertz CT molecular complexity index is 1340. The van der Waals surface area contributed by atoms with Crippen molar-refractivity contribution < 1.29 is 19.4 Å². The lowest BCUT2D eigenvalue weighted by molar-refractivity contribution is -0.120. The quantitative estimate of drug-likeness (QED) is 0.485. The Labute approximate surface area is 202 Å². The molecule has 4 rings (SSSR count). The number of carbonyl (C=O) groups excluding carboxylic acids is 2. The third kappa shape index (κ3) is 5.85. The van der Waals surface area contributed by atoms with Gasteiger partial charge < -0.3 is 20.1 Å². The number of H-pyrrole nitrogens is 1. The molecule has 0 fully saturated rings. The number of anilines is 1. The van der Waals surface area contributed by atoms with Gasteiger partial charge >= 0.3 is 0 Å². The number of likely N-dealkylation sites (N-methyl/N-ethyl adjacent to an activating group) is 1. The molecule has 9 heteroatoms. The Morgan fingerprint density at radius 3 is 2.83 bits per heavy atom. The molecule has 0 spiro atoms. The fourth-order valence-electron chi connectivity index (χ4n) is 3.42. The van der Waals surface area contributed by atoms with Crippen LogP contribution in [0.25, 0.3) is 0 Å². The highest BCUT2D eigenvalue weighted by Crippen LogP contribution is 2.29. The highest BCUT2D eigenvalue weighted by molar-refractivity contribution is 6.02. The first-order chi connectivity index (χ1) is 17.0. The number of hydrogen-bond donors (Lipinski definition) is 3. The third-order valence-electron chi connectivity index (χ3n) is 5.22. The van der Waals surface area contributed by atoms with Gasteiger partial charge in [0.15, 0.2) is 0 Å². The maximum atomic E-state index is 12.8. The van der Waals surface area contributed by atoms with E-state index < -0.39 is 11.9 Å². The van der Waals surface area contributed by atoms with Crippen molar-refractivity contribution in [3.63, 3.8) is 0 Å². The summed E-state index contributed by atoms with van der Waals surface area (Å²) in [6.07, 6.45) is 0.842. The van der Waals surface area contributed by atoms with Gasteiger partial charge in [-0.3, -0.25) is 14.7 Å². The summed E-state index contributed by atoms with van der Waals surface area (Å²) < 4.78 is 5.72. The first kappa shape index (κ1) is 23.6. The van der Waals surface area contributed by atoms with E-state index in [0.717, 1.165) is 11.1 Å². The number of para-hydroxylation sites is 2. The summed E-state index contributed by atoms with van der Waals surface area (Å²) in [4.78, 5) is 31.3. The number of benzene rings is 2. The van der Waals surface area contributed by atoms with Crippen LogP contribution in [0.5, 0.6) is 5.75 Å². The van der Waals surface area contributed by atoms with Gasteiger partial charge in [0.25, 0.3) is 11.8 Å². The lowest BCUT2D eigenvalue weighted by atomic mass is 10.1. The molecule has 1 atom stereocenters. The summed E-state index contributed by atoms with van der Waals surface area (Å²) in [5.41, 5.74) is 2.41. The summed E-state index contributed by atoms with van der Waals surface area (Å²) in [6, 6.07) is 13.9. The van der Waals surface area contributed by atoms with E-state index in [1.807, 2.05) is 36.4 Å². The van der Waals surface area contributed by atoms with E-state index in [2.05, 4.69) is 44.2 Å². The van der Waals surface area contributed by atoms with E-state index in [1.54, 1.807) is 19.2 Å². The van der Waals surface area contributed by atoms with Crippen LogP contribution >= 0.6 is 0 Å². The number of fused-ring (bicyclic) bond motifs is 1. The van der Waals surface area contributed by atoms with Gasteiger partial charge in [0.2, 0.25) is 5.82 Å². The average molecular weight is 470 g/mol. The molecule has 0 bridgehead atoms. The maximum Gasteiger partial charge on any atom is 0.291 e. The lowest BCUT2D eigenvalue weighted by Gasteiger charge is -2.19. The van der Waals surface area contributed by atoms with Crippen LogP contribution in [0.2, 0.25) is 0 Å². The zero-order chi connectivity index (χ0) is 24.6. The smallest absolute Gasteiger partial charge is 0.291 e. The molecule has 1 aromatic heterocycles. The predicted molar refractivity (Wildman–Crippen MR) is 129 cm³/mol. The zero-order valence-electron chi connectivity index (χ0n) is 19.0. The number of carbonyl (C=O) groups is 2. The number of hydrogen-bond acceptors (Lipinski definition) is 6. The number of ether oxygens (including phenoxy) is 1. The largest absolute Gasteiger partial charge is 0.489 e. The molecule has 1 aliphatic heterocycles. The minimum atomic E-state index is -0.871. The van der Waals surface area contributed by atoms with Gasteiger partial charge in [0, 0.05) is 25.5 Å². The van der Waals surface area contributed by atoms with Crippen molar-refractivity contribution in [2.24, 2.45) is 0 Å². The van der Waals surface area contributed by atoms with E-state index in [9.17, 15) is 9.59 Å². The monoisotopic (exact) mass is 469 g/mol. The highest BCUT2D eigenvalue weighted by Gasteiger charge is 2.31. The minimum absolute atomic E-state index is 0.00542. The Kier molecular flexibility index (Phi) is 7.41. The molecule has 0 saturated carbocycles. The maximum absolute atomic E-state index is 12.8. The van der Waals surface area contributed by atoms with Gasteiger partial charge in [-0.25, -0.2) is 4.98 Å². The molecule has 3 N–H and O–H groups in total. The van der Waals surface area contributed by atoms with Crippen LogP contribution in [0.4, 0.5) is 5.69 Å². The molecule has 35 heavy (non-hydrogen) atoms. The van der Waals surface area contributed by atoms with Crippen LogP contribution < -0.4 is 15.0 Å². The van der Waals surface area contributed by atoms with Crippen LogP contribution in [0.1, 0.15) is 34.0 Å². The zero-order valence-corrected chi connectivity index (χ0v) is 19.0. The van der Waals surface area contributed by atoms with E-state index >= 15 is 0 Å². The van der Waals surface area contributed by atoms with E-state index in [-0.39, 0.29) is 24.9 Å². The number of aliphatic hydroxyl groups excluding tert-OH is 1. The van der Waals surface area contributed by atoms with Crippen molar-refractivity contribution in [2.45, 2.75) is 18.9 Å². The standard InChI is InChI=1S/C26H23N5O4/c1-31-21-9-5-6-10-22(21)35-17-20(26(31)34)27-25(33)24-28-23(29-30-24)16-19-13-11-18(12-14-19)8-4-2-3-7-15-32/h5-6,9-14,20,32H,7,15-17H2,1H3,(H,27,33)(H,28,29,30)/t20-/m0/s1. The van der Waals surface area contributed by atoms with E-state index in [4.69, 9.17) is 9.84 Å². The Morgan fingerprint density at radius 2 is 2.03 bits per heavy atom. The second kappa shape index (κ2) is 11.0. The number of nitrogens with zero attached hydrogens (tertiary/aromatic N) is 3. The summed E-state index contributed by atoms with van der Waals surface area (Å²) >= 11 is 0. The number of aromatic amines is 1. The summed E-state index contributed by atoms with van der Waals surface area (Å²) in [7, 11) is 1.64. The van der Waals surface area contributed by atoms with Crippen LogP contribution in [0, 0.1) is 23.7 Å². The molecule has 176 valence electrons. The molecule has 2 aromatic carbocycles. The summed E-state index contributed by atoms with van der Waals surface area (Å²) in [5, 5.41) is 18.1.